The lowest BCUT2D eigenvalue weighted by molar-refractivity contribution is -0.149. The lowest BCUT2D eigenvalue weighted by Crippen LogP contribution is -2.63. The van der Waals surface area contributed by atoms with Crippen LogP contribution in [0, 0.1) is 23.0 Å². The maximum atomic E-state index is 14.3. The summed E-state index contributed by atoms with van der Waals surface area (Å²) in [4.78, 5) is 31.4. The maximum absolute atomic E-state index is 14.3. The van der Waals surface area contributed by atoms with Gasteiger partial charge < -0.3 is 29.9 Å². The Morgan fingerprint density at radius 3 is 2.82 bits per heavy atom. The van der Waals surface area contributed by atoms with Gasteiger partial charge in [-0.3, -0.25) is 14.8 Å². The maximum Gasteiger partial charge on any atom is 0.250 e. The zero-order chi connectivity index (χ0) is 26.2. The first-order chi connectivity index (χ1) is 18.3. The first kappa shape index (κ1) is 24.2. The van der Waals surface area contributed by atoms with Crippen LogP contribution in [0.1, 0.15) is 55.7 Å². The number of aromatic nitrogens is 1. The van der Waals surface area contributed by atoms with Crippen molar-refractivity contribution in [2.75, 3.05) is 29.8 Å². The number of anilines is 2. The molecule has 3 fully saturated rings. The predicted octanol–water partition coefficient (Wildman–Crippen LogP) is 2.86. The Morgan fingerprint density at radius 2 is 1.97 bits per heavy atom. The van der Waals surface area contributed by atoms with Gasteiger partial charge in [0.15, 0.2) is 0 Å². The van der Waals surface area contributed by atoms with Gasteiger partial charge in [-0.25, -0.2) is 0 Å². The molecule has 0 radical (unpaired) electrons. The molecule has 9 heteroatoms. The molecule has 2 N–H and O–H groups in total. The van der Waals surface area contributed by atoms with Gasteiger partial charge in [0.2, 0.25) is 5.91 Å². The molecule has 6 atom stereocenters. The molecule has 4 aliphatic heterocycles. The Hall–Kier alpha value is -2.88. The summed E-state index contributed by atoms with van der Waals surface area (Å²) in [5.74, 6) is 0.233. The van der Waals surface area contributed by atoms with E-state index >= 15 is 0 Å². The smallest absolute Gasteiger partial charge is 0.250 e. The lowest BCUT2D eigenvalue weighted by atomic mass is 9.68. The second-order valence-electron chi connectivity index (χ2n) is 12.2. The minimum atomic E-state index is -0.653. The van der Waals surface area contributed by atoms with E-state index in [9.17, 15) is 25.1 Å². The molecule has 2 saturated heterocycles. The summed E-state index contributed by atoms with van der Waals surface area (Å²) >= 11 is 0. The zero-order valence-corrected chi connectivity index (χ0v) is 21.5. The van der Waals surface area contributed by atoms with Gasteiger partial charge in [-0.05, 0) is 67.9 Å². The fourth-order valence-electron chi connectivity index (χ4n) is 8.45. The number of aliphatic hydroxyl groups is 1. The first-order valence-electron chi connectivity index (χ1n) is 14.1. The number of hydrogen-bond donors (Lipinski definition) is 2. The van der Waals surface area contributed by atoms with E-state index in [0.717, 1.165) is 49.0 Å². The van der Waals surface area contributed by atoms with Gasteiger partial charge >= 0.3 is 0 Å². The molecule has 5 aliphatic rings. The molecule has 1 aliphatic carbocycles. The zero-order valence-electron chi connectivity index (χ0n) is 21.5. The largest absolute Gasteiger partial charge is 0.733 e. The standard InChI is InChI=1S/C29H35N4O5/c34-26-6-3-5-24-19-12-20(16-31(24)26)27-23(14-18-13-22(33(37)38)7-8-25(18)32(27)15-19)28(35)30-11-10-29(36)9-2-1-4-21(29)17-30/h3,5-8,13,19-21,23,27,36-37H,1-2,4,9-12,14-17H2/q-1. The van der Waals surface area contributed by atoms with E-state index in [1.54, 1.807) is 18.2 Å². The molecule has 7 rings (SSSR count). The second kappa shape index (κ2) is 8.83. The molecule has 1 saturated carbocycles. The van der Waals surface area contributed by atoms with Crippen LogP contribution in [0.4, 0.5) is 11.4 Å². The minimum absolute atomic E-state index is 0.0143. The number of benzene rings is 1. The van der Waals surface area contributed by atoms with E-state index in [0.29, 0.717) is 39.0 Å². The monoisotopic (exact) mass is 519 g/mol. The third kappa shape index (κ3) is 3.70. The van der Waals surface area contributed by atoms with Crippen molar-refractivity contribution in [2.45, 2.75) is 69.1 Å². The average molecular weight is 520 g/mol. The Kier molecular flexibility index (Phi) is 5.62. The summed E-state index contributed by atoms with van der Waals surface area (Å²) < 4.78 is 1.90. The lowest BCUT2D eigenvalue weighted by Gasteiger charge is -2.55. The van der Waals surface area contributed by atoms with E-state index < -0.39 is 5.60 Å². The molecule has 2 bridgehead atoms. The quantitative estimate of drug-likeness (QED) is 0.587. The van der Waals surface area contributed by atoms with Crippen LogP contribution in [0.25, 0.3) is 0 Å². The number of nitrogens with zero attached hydrogens (tertiary/aromatic N) is 4. The van der Waals surface area contributed by atoms with Crippen molar-refractivity contribution in [1.29, 1.82) is 0 Å². The van der Waals surface area contributed by atoms with Crippen molar-refractivity contribution in [2.24, 2.45) is 17.8 Å². The molecule has 1 aromatic heterocycles. The number of pyridine rings is 1. The molecule has 1 aromatic carbocycles. The number of likely N-dealkylation sites (tertiary alicyclic amines) is 1. The van der Waals surface area contributed by atoms with Gasteiger partial charge in [-0.2, -0.15) is 0 Å². The van der Waals surface area contributed by atoms with E-state index in [1.807, 2.05) is 27.7 Å². The summed E-state index contributed by atoms with van der Waals surface area (Å²) in [6.07, 6.45) is 5.96. The minimum Gasteiger partial charge on any atom is -0.733 e. The van der Waals surface area contributed by atoms with Gasteiger partial charge in [0.25, 0.3) is 5.56 Å². The molecule has 6 unspecified atom stereocenters. The van der Waals surface area contributed by atoms with Gasteiger partial charge in [0.1, 0.15) is 0 Å². The molecule has 5 heterocycles. The topological polar surface area (TPSA) is 112 Å². The predicted molar refractivity (Wildman–Crippen MR) is 142 cm³/mol. The summed E-state index contributed by atoms with van der Waals surface area (Å²) in [5.41, 5.74) is 2.47. The Balaban J connectivity index is 1.26. The van der Waals surface area contributed by atoms with E-state index in [2.05, 4.69) is 4.90 Å². The highest BCUT2D eigenvalue weighted by Crippen LogP contribution is 2.49. The third-order valence-corrected chi connectivity index (χ3v) is 10.3. The van der Waals surface area contributed by atoms with Gasteiger partial charge in [-0.15, -0.1) is 0 Å². The normalized spacial score (nSPS) is 33.5. The summed E-state index contributed by atoms with van der Waals surface area (Å²) in [6, 6.07) is 10.7. The van der Waals surface area contributed by atoms with E-state index in [1.165, 1.54) is 0 Å². The Labute approximate surface area is 221 Å². The van der Waals surface area contributed by atoms with Crippen LogP contribution in [0.3, 0.4) is 0 Å². The number of fused-ring (bicyclic) bond motifs is 9. The number of carbonyl (C=O) groups excluding carboxylic acids is 1. The van der Waals surface area contributed by atoms with Crippen molar-refractivity contribution in [1.82, 2.24) is 9.47 Å². The van der Waals surface area contributed by atoms with Crippen molar-refractivity contribution in [3.63, 3.8) is 0 Å². The first-order valence-corrected chi connectivity index (χ1v) is 14.1. The van der Waals surface area contributed by atoms with Crippen LogP contribution in [-0.2, 0) is 17.8 Å². The van der Waals surface area contributed by atoms with Gasteiger partial charge in [0, 0.05) is 61.5 Å². The SMILES string of the molecule is O=C(C1Cc2cc(N([O-])O)ccc2N2CC3CC(Cn4c3cccc4=O)C12)N1CCC2(O)CCCCC2C1. The average Bonchev–Trinajstić information content (AvgIpc) is 2.92. The van der Waals surface area contributed by atoms with Gasteiger partial charge in [0.05, 0.1) is 17.2 Å². The van der Waals surface area contributed by atoms with Crippen molar-refractivity contribution >= 4 is 17.3 Å². The molecular weight excluding hydrogens is 484 g/mol. The molecule has 38 heavy (non-hydrogen) atoms. The Morgan fingerprint density at radius 1 is 1.11 bits per heavy atom. The van der Waals surface area contributed by atoms with Gasteiger partial charge in [-0.1, -0.05) is 18.9 Å². The van der Waals surface area contributed by atoms with E-state index in [4.69, 9.17) is 0 Å². The van der Waals surface area contributed by atoms with Crippen molar-refractivity contribution in [3.8, 4) is 0 Å². The molecule has 202 valence electrons. The fourth-order valence-corrected chi connectivity index (χ4v) is 8.45. The summed E-state index contributed by atoms with van der Waals surface area (Å²) in [7, 11) is 0. The van der Waals surface area contributed by atoms with Crippen LogP contribution in [0.5, 0.6) is 0 Å². The molecule has 2 aromatic rings. The van der Waals surface area contributed by atoms with Crippen LogP contribution >= 0.6 is 0 Å². The number of carbonyl (C=O) groups is 1. The highest BCUT2D eigenvalue weighted by atomic mass is 16.8. The highest BCUT2D eigenvalue weighted by molar-refractivity contribution is 5.83. The third-order valence-electron chi connectivity index (χ3n) is 10.3. The summed E-state index contributed by atoms with van der Waals surface area (Å²) in [5, 5.41) is 32.3. The summed E-state index contributed by atoms with van der Waals surface area (Å²) in [6.45, 7) is 2.44. The number of hydrogen-bond acceptors (Lipinski definition) is 7. The van der Waals surface area contributed by atoms with Crippen molar-refractivity contribution in [3.05, 3.63) is 63.2 Å². The Bertz CT molecular complexity index is 1330. The van der Waals surface area contributed by atoms with Crippen LogP contribution in [-0.4, -0.2) is 57.0 Å². The number of rotatable bonds is 2. The molecule has 9 nitrogen and oxygen atoms in total. The molecule has 0 spiro atoms. The van der Waals surface area contributed by atoms with Crippen LogP contribution in [0.15, 0.2) is 41.2 Å². The fraction of sp³-hybridized carbons (Fsp3) is 0.586. The number of amides is 1. The second-order valence-corrected chi connectivity index (χ2v) is 12.2. The highest BCUT2D eigenvalue weighted by Gasteiger charge is 2.51. The number of piperidine rings is 2. The molecular formula is C29H35N4O5-. The van der Waals surface area contributed by atoms with Crippen LogP contribution in [0.2, 0.25) is 0 Å². The van der Waals surface area contributed by atoms with Crippen molar-refractivity contribution < 1.29 is 15.1 Å². The van der Waals surface area contributed by atoms with Crippen LogP contribution < -0.4 is 15.7 Å². The van der Waals surface area contributed by atoms with E-state index in [-0.39, 0.29) is 52.1 Å². The molecule has 1 amide bonds.